The molecule has 0 aliphatic rings. The molecule has 4 nitrogen and oxygen atoms in total. The van der Waals surface area contributed by atoms with Gasteiger partial charge in [0.05, 0.1) is 6.54 Å². The fourth-order valence-electron chi connectivity index (χ4n) is 1.20. The third-order valence-electron chi connectivity index (χ3n) is 1.87. The zero-order valence-corrected chi connectivity index (χ0v) is 7.47. The third kappa shape index (κ3) is 1.60. The average Bonchev–Trinajstić information content (AvgIpc) is 2.66. The number of hydrogen-bond donors (Lipinski definition) is 2. The number of nitrogens with zero attached hydrogens (tertiary/aromatic N) is 1. The Morgan fingerprint density at radius 1 is 1.43 bits per heavy atom. The molecule has 1 heterocycles. The minimum absolute atomic E-state index is 0.208. The fraction of sp³-hybridized carbons (Fsp3) is 0.100. The van der Waals surface area contributed by atoms with Crippen molar-refractivity contribution in [1.82, 2.24) is 4.98 Å². The molecule has 0 saturated heterocycles. The lowest BCUT2D eigenvalue weighted by atomic mass is 10.2. The third-order valence-corrected chi connectivity index (χ3v) is 1.87. The van der Waals surface area contributed by atoms with Crippen LogP contribution in [0.3, 0.4) is 0 Å². The molecule has 0 unspecified atom stereocenters. The van der Waals surface area contributed by atoms with Crippen molar-refractivity contribution in [2.75, 3.05) is 0 Å². The molecule has 72 valence electrons. The van der Waals surface area contributed by atoms with Gasteiger partial charge >= 0.3 is 0 Å². The van der Waals surface area contributed by atoms with Crippen molar-refractivity contribution in [3.05, 3.63) is 36.4 Å². The second-order valence-electron chi connectivity index (χ2n) is 2.88. The Balaban J connectivity index is 2.39. The number of benzene rings is 1. The Labute approximate surface area is 81.0 Å². The van der Waals surface area contributed by atoms with E-state index in [-0.39, 0.29) is 12.3 Å². The monoisotopic (exact) mass is 190 g/mol. The van der Waals surface area contributed by atoms with Crippen LogP contribution in [0.15, 0.2) is 34.9 Å². The summed E-state index contributed by atoms with van der Waals surface area (Å²) < 4.78 is 5.09. The number of phenolic OH excluding ortho intramolecular Hbond substituents is 1. The Bertz CT molecular complexity index is 437. The Hall–Kier alpha value is -1.81. The highest BCUT2D eigenvalue weighted by Crippen LogP contribution is 2.22. The van der Waals surface area contributed by atoms with Crippen LogP contribution in [0.5, 0.6) is 5.75 Å². The molecular formula is C10H10N2O2. The van der Waals surface area contributed by atoms with Crippen LogP contribution in [0.2, 0.25) is 0 Å². The molecule has 0 saturated carbocycles. The summed E-state index contributed by atoms with van der Waals surface area (Å²) in [5, 5.41) is 9.26. The largest absolute Gasteiger partial charge is 0.508 e. The van der Waals surface area contributed by atoms with Crippen molar-refractivity contribution in [3.8, 4) is 17.0 Å². The first kappa shape index (κ1) is 8.77. The van der Waals surface area contributed by atoms with Crippen LogP contribution in [0, 0.1) is 0 Å². The summed E-state index contributed by atoms with van der Waals surface area (Å²) in [4.78, 5) is 4.14. The lowest BCUT2D eigenvalue weighted by Gasteiger charge is -1.95. The first-order chi connectivity index (χ1) is 6.79. The molecule has 3 N–H and O–H groups in total. The van der Waals surface area contributed by atoms with Gasteiger partial charge in [-0.05, 0) is 12.1 Å². The van der Waals surface area contributed by atoms with E-state index in [0.717, 1.165) is 5.56 Å². The number of aromatic hydroxyl groups is 1. The molecule has 2 rings (SSSR count). The zero-order valence-electron chi connectivity index (χ0n) is 7.47. The van der Waals surface area contributed by atoms with E-state index in [4.69, 9.17) is 10.2 Å². The van der Waals surface area contributed by atoms with E-state index in [0.29, 0.717) is 11.6 Å². The first-order valence-electron chi connectivity index (χ1n) is 4.23. The molecule has 0 fully saturated rings. The van der Waals surface area contributed by atoms with Crippen LogP contribution in [0.4, 0.5) is 0 Å². The van der Waals surface area contributed by atoms with Gasteiger partial charge in [0.2, 0.25) is 5.89 Å². The number of rotatable bonds is 2. The van der Waals surface area contributed by atoms with Gasteiger partial charge in [0, 0.05) is 5.56 Å². The molecule has 0 atom stereocenters. The highest BCUT2D eigenvalue weighted by Gasteiger charge is 2.04. The minimum atomic E-state index is 0.208. The smallest absolute Gasteiger partial charge is 0.208 e. The molecule has 4 heteroatoms. The van der Waals surface area contributed by atoms with Crippen molar-refractivity contribution in [3.63, 3.8) is 0 Å². The summed E-state index contributed by atoms with van der Waals surface area (Å²) in [6.07, 6.45) is 1.52. The number of nitrogens with two attached hydrogens (primary N) is 1. The average molecular weight is 190 g/mol. The molecular weight excluding hydrogens is 180 g/mol. The molecule has 0 aliphatic heterocycles. The zero-order chi connectivity index (χ0) is 9.97. The summed E-state index contributed by atoms with van der Waals surface area (Å²) >= 11 is 0. The SMILES string of the molecule is NCc1nc(-c2cccc(O)c2)co1. The molecule has 1 aromatic carbocycles. The lowest BCUT2D eigenvalue weighted by molar-refractivity contribution is 0.475. The number of aromatic nitrogens is 1. The molecule has 0 amide bonds. The molecule has 14 heavy (non-hydrogen) atoms. The summed E-state index contributed by atoms with van der Waals surface area (Å²) in [5.41, 5.74) is 6.86. The number of phenols is 1. The maximum atomic E-state index is 9.26. The molecule has 0 bridgehead atoms. The molecule has 2 aromatic rings. The van der Waals surface area contributed by atoms with Gasteiger partial charge in [-0.25, -0.2) is 4.98 Å². The van der Waals surface area contributed by atoms with E-state index in [2.05, 4.69) is 4.98 Å². The second kappa shape index (κ2) is 3.51. The van der Waals surface area contributed by atoms with Crippen molar-refractivity contribution in [2.24, 2.45) is 5.73 Å². The fourth-order valence-corrected chi connectivity index (χ4v) is 1.20. The summed E-state index contributed by atoms with van der Waals surface area (Å²) in [7, 11) is 0. The van der Waals surface area contributed by atoms with Crippen LogP contribution < -0.4 is 5.73 Å². The van der Waals surface area contributed by atoms with Crippen LogP contribution in [-0.2, 0) is 6.54 Å². The van der Waals surface area contributed by atoms with E-state index in [1.807, 2.05) is 6.07 Å². The van der Waals surface area contributed by atoms with Gasteiger partial charge in [-0.3, -0.25) is 0 Å². The van der Waals surface area contributed by atoms with Gasteiger partial charge in [-0.1, -0.05) is 12.1 Å². The minimum Gasteiger partial charge on any atom is -0.508 e. The van der Waals surface area contributed by atoms with Crippen LogP contribution >= 0.6 is 0 Å². The van der Waals surface area contributed by atoms with E-state index >= 15 is 0 Å². The first-order valence-corrected chi connectivity index (χ1v) is 4.23. The Morgan fingerprint density at radius 3 is 2.93 bits per heavy atom. The van der Waals surface area contributed by atoms with Crippen LogP contribution in [-0.4, -0.2) is 10.1 Å². The van der Waals surface area contributed by atoms with E-state index in [1.54, 1.807) is 18.2 Å². The lowest BCUT2D eigenvalue weighted by Crippen LogP contribution is -1.95. The Morgan fingerprint density at radius 2 is 2.29 bits per heavy atom. The van der Waals surface area contributed by atoms with Crippen LogP contribution in [0.25, 0.3) is 11.3 Å². The van der Waals surface area contributed by atoms with Crippen molar-refractivity contribution in [2.45, 2.75) is 6.54 Å². The maximum Gasteiger partial charge on any atom is 0.208 e. The normalized spacial score (nSPS) is 10.4. The van der Waals surface area contributed by atoms with Crippen LogP contribution in [0.1, 0.15) is 5.89 Å². The quantitative estimate of drug-likeness (QED) is 0.752. The van der Waals surface area contributed by atoms with Crippen molar-refractivity contribution < 1.29 is 9.52 Å². The van der Waals surface area contributed by atoms with Gasteiger partial charge in [0.15, 0.2) is 0 Å². The van der Waals surface area contributed by atoms with Gasteiger partial charge in [0.1, 0.15) is 17.7 Å². The molecule has 0 radical (unpaired) electrons. The standard InChI is InChI=1S/C10H10N2O2/c11-5-10-12-9(6-14-10)7-2-1-3-8(13)4-7/h1-4,6,13H,5,11H2. The summed E-state index contributed by atoms with van der Waals surface area (Å²) in [6.45, 7) is 0.277. The van der Waals surface area contributed by atoms with E-state index in [9.17, 15) is 5.11 Å². The van der Waals surface area contributed by atoms with Crippen molar-refractivity contribution >= 4 is 0 Å². The van der Waals surface area contributed by atoms with Crippen molar-refractivity contribution in [1.29, 1.82) is 0 Å². The highest BCUT2D eigenvalue weighted by molar-refractivity contribution is 5.59. The van der Waals surface area contributed by atoms with Gasteiger partial charge in [0.25, 0.3) is 0 Å². The summed E-state index contributed by atoms with van der Waals surface area (Å²) in [5.74, 6) is 0.697. The van der Waals surface area contributed by atoms with E-state index in [1.165, 1.54) is 6.26 Å². The highest BCUT2D eigenvalue weighted by atomic mass is 16.3. The molecule has 0 aliphatic carbocycles. The molecule has 0 spiro atoms. The maximum absolute atomic E-state index is 9.26. The van der Waals surface area contributed by atoms with Gasteiger partial charge < -0.3 is 15.3 Å². The summed E-state index contributed by atoms with van der Waals surface area (Å²) in [6, 6.07) is 6.82. The second-order valence-corrected chi connectivity index (χ2v) is 2.88. The predicted molar refractivity (Wildman–Crippen MR) is 51.5 cm³/mol. The Kier molecular flexibility index (Phi) is 2.20. The molecule has 1 aromatic heterocycles. The van der Waals surface area contributed by atoms with E-state index < -0.39 is 0 Å². The predicted octanol–water partition coefficient (Wildman–Crippen LogP) is 1.51. The number of oxazole rings is 1. The van der Waals surface area contributed by atoms with Gasteiger partial charge in [-0.2, -0.15) is 0 Å². The topological polar surface area (TPSA) is 72.3 Å². The van der Waals surface area contributed by atoms with Gasteiger partial charge in [-0.15, -0.1) is 0 Å². The number of hydrogen-bond acceptors (Lipinski definition) is 4.